The lowest BCUT2D eigenvalue weighted by Crippen LogP contribution is -2.42. The Morgan fingerprint density at radius 2 is 1.94 bits per heavy atom. The highest BCUT2D eigenvalue weighted by molar-refractivity contribution is 7.13. The van der Waals surface area contributed by atoms with Gasteiger partial charge in [-0.25, -0.2) is 0 Å². The molecule has 7 nitrogen and oxygen atoms in total. The van der Waals surface area contributed by atoms with Gasteiger partial charge in [0.1, 0.15) is 5.82 Å². The van der Waals surface area contributed by atoms with Gasteiger partial charge in [-0.3, -0.25) is 5.10 Å². The van der Waals surface area contributed by atoms with Crippen LogP contribution in [0.4, 0.5) is 17.5 Å². The summed E-state index contributed by atoms with van der Waals surface area (Å²) in [6.45, 7) is 1.69. The van der Waals surface area contributed by atoms with Crippen LogP contribution in [0.2, 0.25) is 0 Å². The van der Waals surface area contributed by atoms with Crippen molar-refractivity contribution in [1.82, 2.24) is 20.2 Å². The Hall–Kier alpha value is -3.91. The molecule has 5 aromatic rings. The molecular weight excluding hydrogens is 430 g/mol. The van der Waals surface area contributed by atoms with Crippen LogP contribution in [0.15, 0.2) is 72.2 Å². The molecule has 0 spiro atoms. The maximum Gasteiger partial charge on any atom is 0.224 e. The number of H-pyrrole nitrogens is 1. The third-order valence-corrected chi connectivity index (χ3v) is 6.96. The van der Waals surface area contributed by atoms with Crippen molar-refractivity contribution in [3.05, 3.63) is 83.4 Å². The summed E-state index contributed by atoms with van der Waals surface area (Å²) in [7, 11) is 0. The summed E-state index contributed by atoms with van der Waals surface area (Å²) in [6.07, 6.45) is 2.65. The number of para-hydroxylation sites is 1. The number of nitrogens with zero attached hydrogens (tertiary/aromatic N) is 4. The monoisotopic (exact) mass is 453 g/mol. The van der Waals surface area contributed by atoms with Crippen molar-refractivity contribution >= 4 is 39.8 Å². The first kappa shape index (κ1) is 19.8. The largest absolute Gasteiger partial charge is 0.368 e. The van der Waals surface area contributed by atoms with Gasteiger partial charge in [0.2, 0.25) is 5.95 Å². The van der Waals surface area contributed by atoms with Crippen molar-refractivity contribution in [1.29, 1.82) is 0 Å². The van der Waals surface area contributed by atoms with Gasteiger partial charge in [-0.1, -0.05) is 48.5 Å². The Bertz CT molecular complexity index is 1390. The van der Waals surface area contributed by atoms with Gasteiger partial charge >= 0.3 is 0 Å². The highest BCUT2D eigenvalue weighted by Crippen LogP contribution is 2.31. The molecule has 4 heterocycles. The van der Waals surface area contributed by atoms with E-state index in [1.807, 2.05) is 0 Å². The Morgan fingerprint density at radius 3 is 2.79 bits per heavy atom. The number of aromatic nitrogens is 4. The van der Waals surface area contributed by atoms with Crippen LogP contribution in [0, 0.1) is 0 Å². The number of nitrogens with one attached hydrogen (secondary N) is 2. The van der Waals surface area contributed by atoms with E-state index >= 15 is 0 Å². The van der Waals surface area contributed by atoms with Gasteiger partial charge < -0.3 is 16.0 Å². The molecule has 1 aliphatic heterocycles. The Kier molecular flexibility index (Phi) is 4.92. The highest BCUT2D eigenvalue weighted by Gasteiger charge is 2.25. The Morgan fingerprint density at radius 1 is 1.06 bits per heavy atom. The lowest BCUT2D eigenvalue weighted by molar-refractivity contribution is 0.628. The van der Waals surface area contributed by atoms with E-state index in [4.69, 9.17) is 5.73 Å². The molecule has 0 radical (unpaired) electrons. The molecule has 1 aliphatic rings. The van der Waals surface area contributed by atoms with E-state index in [2.05, 4.69) is 96.4 Å². The fourth-order valence-corrected chi connectivity index (χ4v) is 5.26. The number of aromatic amines is 1. The predicted octanol–water partition coefficient (Wildman–Crippen LogP) is 4.71. The van der Waals surface area contributed by atoms with E-state index in [-0.39, 0.29) is 12.0 Å². The van der Waals surface area contributed by atoms with E-state index in [1.165, 1.54) is 27.3 Å². The van der Waals surface area contributed by atoms with Gasteiger partial charge in [0, 0.05) is 29.7 Å². The van der Waals surface area contributed by atoms with Gasteiger partial charge in [-0.05, 0) is 40.6 Å². The van der Waals surface area contributed by atoms with Crippen LogP contribution in [-0.4, -0.2) is 32.8 Å². The fourth-order valence-electron chi connectivity index (χ4n) is 4.53. The minimum atomic E-state index is 0.178. The van der Waals surface area contributed by atoms with E-state index < -0.39 is 0 Å². The van der Waals surface area contributed by atoms with E-state index in [1.54, 1.807) is 17.5 Å². The van der Waals surface area contributed by atoms with Crippen LogP contribution in [0.25, 0.3) is 21.5 Å². The smallest absolute Gasteiger partial charge is 0.224 e. The maximum absolute atomic E-state index is 5.92. The fraction of sp³-hybridized carbons (Fsp3) is 0.160. The quantitative estimate of drug-likeness (QED) is 0.357. The second-order valence-electron chi connectivity index (χ2n) is 8.29. The van der Waals surface area contributed by atoms with Gasteiger partial charge in [-0.2, -0.15) is 15.1 Å². The molecule has 2 aromatic carbocycles. The molecule has 0 saturated heterocycles. The molecule has 164 valence electrons. The zero-order valence-corrected chi connectivity index (χ0v) is 18.7. The molecule has 6 rings (SSSR count). The molecule has 4 N–H and O–H groups in total. The number of hydrogen-bond acceptors (Lipinski definition) is 7. The molecule has 1 atom stereocenters. The minimum absolute atomic E-state index is 0.178. The molecule has 0 saturated carbocycles. The third-order valence-electron chi connectivity index (χ3n) is 6.04. The lowest BCUT2D eigenvalue weighted by Gasteiger charge is -2.37. The molecule has 1 unspecified atom stereocenters. The summed E-state index contributed by atoms with van der Waals surface area (Å²) in [5.74, 6) is 0.948. The minimum Gasteiger partial charge on any atom is -0.368 e. The van der Waals surface area contributed by atoms with Crippen molar-refractivity contribution in [2.45, 2.75) is 19.0 Å². The number of fused-ring (bicyclic) bond motifs is 2. The summed E-state index contributed by atoms with van der Waals surface area (Å²) >= 11 is 1.77. The standard InChI is InChI=1S/C25H23N7S/c26-25-29-23(20-13-27-31-24(20)30-25)28-19-12-18-4-1-2-5-21(18)32(15-19)14-16-7-9-17(10-8-16)22-6-3-11-33-22/h1-11,13,19H,12,14-15H2,(H4,26,27,28,29,30,31). The maximum atomic E-state index is 5.92. The number of thiophene rings is 1. The molecule has 0 fully saturated rings. The summed E-state index contributed by atoms with van der Waals surface area (Å²) in [5, 5.41) is 13.5. The first-order valence-electron chi connectivity index (χ1n) is 10.9. The molecule has 0 amide bonds. The van der Waals surface area contributed by atoms with Crippen molar-refractivity contribution in [2.75, 3.05) is 22.5 Å². The van der Waals surface area contributed by atoms with E-state index in [9.17, 15) is 0 Å². The van der Waals surface area contributed by atoms with E-state index in [0.717, 1.165) is 30.7 Å². The second kappa shape index (κ2) is 8.22. The molecule has 3 aromatic heterocycles. The Labute approximate surface area is 195 Å². The average molecular weight is 454 g/mol. The second-order valence-corrected chi connectivity index (χ2v) is 9.24. The first-order chi connectivity index (χ1) is 16.2. The Balaban J connectivity index is 1.26. The zero-order valence-electron chi connectivity index (χ0n) is 17.9. The van der Waals surface area contributed by atoms with Crippen LogP contribution in [-0.2, 0) is 13.0 Å². The number of hydrogen-bond donors (Lipinski definition) is 3. The van der Waals surface area contributed by atoms with Crippen molar-refractivity contribution < 1.29 is 0 Å². The number of rotatable bonds is 5. The van der Waals surface area contributed by atoms with E-state index in [0.29, 0.717) is 5.65 Å². The predicted molar refractivity (Wildman–Crippen MR) is 134 cm³/mol. The molecule has 33 heavy (non-hydrogen) atoms. The van der Waals surface area contributed by atoms with Gasteiger partial charge in [0.05, 0.1) is 11.6 Å². The van der Waals surface area contributed by atoms with Crippen LogP contribution in [0.1, 0.15) is 11.1 Å². The van der Waals surface area contributed by atoms with Gasteiger partial charge in [0.25, 0.3) is 0 Å². The number of nitrogen functional groups attached to an aromatic ring is 1. The molecule has 0 bridgehead atoms. The number of benzene rings is 2. The molecular formula is C25H23N7S. The molecule has 0 aliphatic carbocycles. The molecule has 8 heteroatoms. The SMILES string of the molecule is Nc1nc(NC2Cc3ccccc3N(Cc3ccc(-c4cccs4)cc3)C2)c2cn[nH]c2n1. The topological polar surface area (TPSA) is 95.7 Å². The lowest BCUT2D eigenvalue weighted by atomic mass is 9.97. The van der Waals surface area contributed by atoms with Gasteiger partial charge in [-0.15, -0.1) is 11.3 Å². The van der Waals surface area contributed by atoms with Crippen molar-refractivity contribution in [3.63, 3.8) is 0 Å². The average Bonchev–Trinajstić information content (AvgIpc) is 3.52. The first-order valence-corrected chi connectivity index (χ1v) is 11.8. The summed E-state index contributed by atoms with van der Waals surface area (Å²) < 4.78 is 0. The summed E-state index contributed by atoms with van der Waals surface area (Å²) in [4.78, 5) is 12.4. The number of anilines is 3. The van der Waals surface area contributed by atoms with Crippen molar-refractivity contribution in [3.8, 4) is 10.4 Å². The summed E-state index contributed by atoms with van der Waals surface area (Å²) in [5.41, 5.74) is 11.7. The highest BCUT2D eigenvalue weighted by atomic mass is 32.1. The third kappa shape index (κ3) is 3.89. The van der Waals surface area contributed by atoms with Crippen LogP contribution >= 0.6 is 11.3 Å². The van der Waals surface area contributed by atoms with Crippen molar-refractivity contribution in [2.24, 2.45) is 0 Å². The zero-order chi connectivity index (χ0) is 22.2. The normalized spacial score (nSPS) is 15.5. The summed E-state index contributed by atoms with van der Waals surface area (Å²) in [6, 6.07) is 22.0. The number of nitrogens with two attached hydrogens (primary N) is 1. The van der Waals surface area contributed by atoms with Crippen LogP contribution in [0.3, 0.4) is 0 Å². The van der Waals surface area contributed by atoms with Crippen LogP contribution in [0.5, 0.6) is 0 Å². The van der Waals surface area contributed by atoms with Crippen LogP contribution < -0.4 is 16.0 Å². The van der Waals surface area contributed by atoms with Gasteiger partial charge in [0.15, 0.2) is 5.65 Å².